The summed E-state index contributed by atoms with van der Waals surface area (Å²) in [5.74, 6) is -0.232. The Balaban J connectivity index is 2.06. The normalized spacial score (nSPS) is 12.9. The van der Waals surface area contributed by atoms with Crippen molar-refractivity contribution in [3.63, 3.8) is 0 Å². The highest BCUT2D eigenvalue weighted by Gasteiger charge is 2.20. The van der Waals surface area contributed by atoms with E-state index in [4.69, 9.17) is 4.74 Å². The first-order valence-corrected chi connectivity index (χ1v) is 7.09. The summed E-state index contributed by atoms with van der Waals surface area (Å²) in [6, 6.07) is 3.94. The second kappa shape index (κ2) is 5.01. The lowest BCUT2D eigenvalue weighted by atomic mass is 10.1. The maximum Gasteiger partial charge on any atom is 0.348 e. The van der Waals surface area contributed by atoms with Gasteiger partial charge in [0, 0.05) is 23.2 Å². The monoisotopic (exact) mass is 274 g/mol. The number of hydrogen-bond acceptors (Lipinski definition) is 5. The number of aromatic nitrogens is 1. The number of fused-ring (bicyclic) bond motifs is 3. The summed E-state index contributed by atoms with van der Waals surface area (Å²) < 4.78 is 5.07. The summed E-state index contributed by atoms with van der Waals surface area (Å²) in [5, 5.41) is 3.36. The second-order valence-corrected chi connectivity index (χ2v) is 5.34. The minimum Gasteiger partial charge on any atom is -0.462 e. The van der Waals surface area contributed by atoms with Crippen LogP contribution in [0, 0.1) is 0 Å². The molecule has 98 valence electrons. The summed E-state index contributed by atoms with van der Waals surface area (Å²) in [7, 11) is 0. The van der Waals surface area contributed by atoms with Gasteiger partial charge in [-0.2, -0.15) is 0 Å². The molecule has 0 saturated carbocycles. The molecule has 1 aliphatic heterocycles. The maximum atomic E-state index is 11.8. The van der Waals surface area contributed by atoms with Crippen LogP contribution in [0.5, 0.6) is 0 Å². The predicted molar refractivity (Wildman–Crippen MR) is 75.7 cm³/mol. The summed E-state index contributed by atoms with van der Waals surface area (Å²) in [4.78, 5) is 17.8. The maximum absolute atomic E-state index is 11.8. The third-order valence-corrected chi connectivity index (χ3v) is 4.25. The highest BCUT2D eigenvalue weighted by atomic mass is 32.1. The lowest BCUT2D eigenvalue weighted by molar-refractivity contribution is 0.0532. The molecule has 0 bridgehead atoms. The van der Waals surface area contributed by atoms with Gasteiger partial charge < -0.3 is 10.1 Å². The Hall–Kier alpha value is -1.88. The van der Waals surface area contributed by atoms with Crippen molar-refractivity contribution >= 4 is 23.0 Å². The molecule has 0 aliphatic carbocycles. The Morgan fingerprint density at radius 1 is 1.58 bits per heavy atom. The zero-order chi connectivity index (χ0) is 13.2. The quantitative estimate of drug-likeness (QED) is 0.855. The summed E-state index contributed by atoms with van der Waals surface area (Å²) in [5.41, 5.74) is 3.34. The Morgan fingerprint density at radius 2 is 2.47 bits per heavy atom. The number of rotatable bonds is 2. The van der Waals surface area contributed by atoms with Crippen LogP contribution in [0.4, 0.5) is 5.69 Å². The van der Waals surface area contributed by atoms with Crippen molar-refractivity contribution in [2.75, 3.05) is 18.5 Å². The van der Waals surface area contributed by atoms with Crippen molar-refractivity contribution < 1.29 is 9.53 Å². The van der Waals surface area contributed by atoms with E-state index >= 15 is 0 Å². The van der Waals surface area contributed by atoms with Crippen molar-refractivity contribution in [1.82, 2.24) is 4.98 Å². The van der Waals surface area contributed by atoms with Crippen LogP contribution in [0.15, 0.2) is 24.5 Å². The van der Waals surface area contributed by atoms with Crippen molar-refractivity contribution in [2.45, 2.75) is 13.3 Å². The standard InChI is InChI=1S/C14H14N2O2S/c1-2-18-14(17)12-7-9-3-6-16-11-8-15-5-4-10(11)13(9)19-12/h4-5,7-8,16H,2-3,6H2,1H3. The van der Waals surface area contributed by atoms with E-state index in [9.17, 15) is 4.79 Å². The molecule has 3 heterocycles. The van der Waals surface area contributed by atoms with Crippen LogP contribution < -0.4 is 5.32 Å². The van der Waals surface area contributed by atoms with Gasteiger partial charge in [-0.25, -0.2) is 4.79 Å². The Morgan fingerprint density at radius 3 is 3.32 bits per heavy atom. The van der Waals surface area contributed by atoms with Gasteiger partial charge in [0.15, 0.2) is 0 Å². The van der Waals surface area contributed by atoms with Crippen LogP contribution in [0.25, 0.3) is 10.4 Å². The van der Waals surface area contributed by atoms with Crippen LogP contribution >= 0.6 is 11.3 Å². The number of thiophene rings is 1. The number of anilines is 1. The number of esters is 1. The minimum absolute atomic E-state index is 0.232. The first kappa shape index (κ1) is 12.2. The van der Waals surface area contributed by atoms with E-state index in [1.54, 1.807) is 6.20 Å². The Labute approximate surface area is 115 Å². The largest absolute Gasteiger partial charge is 0.462 e. The first-order chi connectivity index (χ1) is 9.29. The number of ether oxygens (including phenoxy) is 1. The number of pyridine rings is 1. The van der Waals surface area contributed by atoms with E-state index in [0.29, 0.717) is 11.5 Å². The third-order valence-electron chi connectivity index (χ3n) is 3.06. The first-order valence-electron chi connectivity index (χ1n) is 6.27. The molecule has 0 spiro atoms. The van der Waals surface area contributed by atoms with E-state index in [0.717, 1.165) is 29.1 Å². The topological polar surface area (TPSA) is 51.2 Å². The molecule has 0 aromatic carbocycles. The molecule has 0 unspecified atom stereocenters. The number of nitrogens with zero attached hydrogens (tertiary/aromatic N) is 1. The minimum atomic E-state index is -0.232. The van der Waals surface area contributed by atoms with Crippen LogP contribution in [-0.2, 0) is 11.2 Å². The Bertz CT molecular complexity index is 622. The molecule has 0 fully saturated rings. The lowest BCUT2D eigenvalue weighted by Gasteiger charge is -2.05. The summed E-state index contributed by atoms with van der Waals surface area (Å²) in [6.45, 7) is 3.08. The average molecular weight is 274 g/mol. The molecule has 19 heavy (non-hydrogen) atoms. The number of hydrogen-bond donors (Lipinski definition) is 1. The number of nitrogens with one attached hydrogen (secondary N) is 1. The summed E-state index contributed by atoms with van der Waals surface area (Å²) >= 11 is 1.50. The molecule has 1 N–H and O–H groups in total. The predicted octanol–water partition coefficient (Wildman–Crippen LogP) is 2.95. The molecule has 2 aromatic rings. The van der Waals surface area contributed by atoms with Gasteiger partial charge in [0.05, 0.1) is 18.5 Å². The zero-order valence-corrected chi connectivity index (χ0v) is 11.4. The van der Waals surface area contributed by atoms with Crippen molar-refractivity contribution in [1.29, 1.82) is 0 Å². The van der Waals surface area contributed by atoms with Gasteiger partial charge in [-0.05, 0) is 31.0 Å². The van der Waals surface area contributed by atoms with E-state index in [-0.39, 0.29) is 5.97 Å². The molecule has 0 amide bonds. The van der Waals surface area contributed by atoms with Crippen LogP contribution in [0.2, 0.25) is 0 Å². The van der Waals surface area contributed by atoms with Crippen molar-refractivity contribution in [3.05, 3.63) is 35.0 Å². The number of carbonyl (C=O) groups excluding carboxylic acids is 1. The number of carbonyl (C=O) groups is 1. The van der Waals surface area contributed by atoms with E-state index in [2.05, 4.69) is 10.3 Å². The van der Waals surface area contributed by atoms with E-state index in [1.165, 1.54) is 16.9 Å². The van der Waals surface area contributed by atoms with Gasteiger partial charge >= 0.3 is 5.97 Å². The highest BCUT2D eigenvalue weighted by Crippen LogP contribution is 2.39. The fraction of sp³-hybridized carbons (Fsp3) is 0.286. The van der Waals surface area contributed by atoms with E-state index < -0.39 is 0 Å². The molecule has 0 atom stereocenters. The molecular formula is C14H14N2O2S. The lowest BCUT2D eigenvalue weighted by Crippen LogP contribution is -2.04. The van der Waals surface area contributed by atoms with Crippen LogP contribution in [-0.4, -0.2) is 24.1 Å². The summed E-state index contributed by atoms with van der Waals surface area (Å²) in [6.07, 6.45) is 4.51. The molecule has 3 rings (SSSR count). The fourth-order valence-electron chi connectivity index (χ4n) is 2.21. The van der Waals surface area contributed by atoms with E-state index in [1.807, 2.05) is 25.3 Å². The average Bonchev–Trinajstić information content (AvgIpc) is 2.77. The highest BCUT2D eigenvalue weighted by molar-refractivity contribution is 7.17. The van der Waals surface area contributed by atoms with Gasteiger partial charge in [-0.15, -0.1) is 11.3 Å². The van der Waals surface area contributed by atoms with Gasteiger partial charge in [0.1, 0.15) is 4.88 Å². The molecule has 0 saturated heterocycles. The SMILES string of the molecule is CCOC(=O)c1cc2c(s1)-c1ccncc1NCC2. The van der Waals surface area contributed by atoms with Crippen LogP contribution in [0.3, 0.4) is 0 Å². The third kappa shape index (κ3) is 2.21. The molecule has 5 heteroatoms. The molecule has 2 aromatic heterocycles. The molecule has 4 nitrogen and oxygen atoms in total. The second-order valence-electron chi connectivity index (χ2n) is 4.28. The fourth-order valence-corrected chi connectivity index (χ4v) is 3.35. The van der Waals surface area contributed by atoms with Crippen molar-refractivity contribution in [3.8, 4) is 10.4 Å². The van der Waals surface area contributed by atoms with Crippen molar-refractivity contribution in [2.24, 2.45) is 0 Å². The van der Waals surface area contributed by atoms with Gasteiger partial charge in [0.2, 0.25) is 0 Å². The van der Waals surface area contributed by atoms with Crippen LogP contribution in [0.1, 0.15) is 22.2 Å². The van der Waals surface area contributed by atoms with Gasteiger partial charge in [-0.1, -0.05) is 0 Å². The smallest absolute Gasteiger partial charge is 0.348 e. The molecule has 1 aliphatic rings. The van der Waals surface area contributed by atoms with Gasteiger partial charge in [-0.3, -0.25) is 4.98 Å². The van der Waals surface area contributed by atoms with Gasteiger partial charge in [0.25, 0.3) is 0 Å². The Kier molecular flexibility index (Phi) is 3.21. The molecular weight excluding hydrogens is 260 g/mol. The molecule has 0 radical (unpaired) electrons. The zero-order valence-electron chi connectivity index (χ0n) is 10.6.